The smallest absolute Gasteiger partial charge is 0.195 e. The van der Waals surface area contributed by atoms with Gasteiger partial charge in [-0.3, -0.25) is 4.79 Å². The first-order valence-electron chi connectivity index (χ1n) is 4.53. The minimum absolute atomic E-state index is 0.183. The Hall–Kier alpha value is -0.550. The lowest BCUT2D eigenvalue weighted by atomic mass is 10.1. The molecule has 0 atom stereocenters. The SMILES string of the molecule is Nc1cc(C(=O)c2cc(Cl)sc2Cl)ccc1Br. The molecule has 0 aliphatic rings. The fraction of sp³-hybridized carbons (Fsp3) is 0. The number of halogens is 3. The lowest BCUT2D eigenvalue weighted by Gasteiger charge is -2.02. The zero-order valence-corrected chi connectivity index (χ0v) is 12.3. The normalized spacial score (nSPS) is 10.5. The van der Waals surface area contributed by atoms with Crippen molar-refractivity contribution in [2.75, 3.05) is 5.73 Å². The van der Waals surface area contributed by atoms with Crippen LogP contribution in [0.4, 0.5) is 5.69 Å². The third kappa shape index (κ3) is 2.65. The highest BCUT2D eigenvalue weighted by Crippen LogP contribution is 2.33. The molecule has 1 aromatic heterocycles. The third-order valence-electron chi connectivity index (χ3n) is 2.16. The minimum atomic E-state index is -0.183. The summed E-state index contributed by atoms with van der Waals surface area (Å²) in [6.45, 7) is 0. The van der Waals surface area contributed by atoms with Crippen LogP contribution < -0.4 is 5.73 Å². The second kappa shape index (κ2) is 4.98. The van der Waals surface area contributed by atoms with Crippen LogP contribution in [0.5, 0.6) is 0 Å². The van der Waals surface area contributed by atoms with E-state index >= 15 is 0 Å². The molecule has 0 unspecified atom stereocenters. The lowest BCUT2D eigenvalue weighted by molar-refractivity contribution is 0.103. The van der Waals surface area contributed by atoms with Crippen molar-refractivity contribution < 1.29 is 4.79 Å². The summed E-state index contributed by atoms with van der Waals surface area (Å²) in [5, 5.41) is 0. The Bertz CT molecular complexity index is 597. The summed E-state index contributed by atoms with van der Waals surface area (Å²) in [7, 11) is 0. The molecule has 17 heavy (non-hydrogen) atoms. The molecule has 6 heteroatoms. The average molecular weight is 351 g/mol. The molecular formula is C11H6BrCl2NOS. The van der Waals surface area contributed by atoms with Crippen LogP contribution in [0.15, 0.2) is 28.7 Å². The molecule has 2 rings (SSSR count). The molecule has 0 spiro atoms. The van der Waals surface area contributed by atoms with E-state index in [-0.39, 0.29) is 5.78 Å². The molecule has 2 N–H and O–H groups in total. The van der Waals surface area contributed by atoms with Gasteiger partial charge < -0.3 is 5.73 Å². The zero-order chi connectivity index (χ0) is 12.6. The van der Waals surface area contributed by atoms with Gasteiger partial charge in [0, 0.05) is 15.7 Å². The summed E-state index contributed by atoms with van der Waals surface area (Å²) in [5.41, 5.74) is 7.13. The van der Waals surface area contributed by atoms with E-state index in [1.165, 1.54) is 11.3 Å². The molecule has 2 nitrogen and oxygen atoms in total. The van der Waals surface area contributed by atoms with Gasteiger partial charge in [0.05, 0.1) is 9.90 Å². The Morgan fingerprint density at radius 3 is 2.53 bits per heavy atom. The number of nitrogen functional groups attached to an aromatic ring is 1. The van der Waals surface area contributed by atoms with Crippen LogP contribution in [0.3, 0.4) is 0 Å². The van der Waals surface area contributed by atoms with Gasteiger partial charge in [-0.05, 0) is 40.2 Å². The number of rotatable bonds is 2. The first-order chi connectivity index (χ1) is 7.99. The highest BCUT2D eigenvalue weighted by atomic mass is 79.9. The second-order valence-corrected chi connectivity index (χ2v) is 6.44. The predicted molar refractivity (Wildman–Crippen MR) is 76.3 cm³/mol. The number of benzene rings is 1. The lowest BCUT2D eigenvalue weighted by Crippen LogP contribution is -2.01. The Labute approximate surface area is 120 Å². The summed E-state index contributed by atoms with van der Waals surface area (Å²) in [4.78, 5) is 12.1. The monoisotopic (exact) mass is 349 g/mol. The molecule has 0 radical (unpaired) electrons. The quantitative estimate of drug-likeness (QED) is 0.633. The Morgan fingerprint density at radius 2 is 2.00 bits per heavy atom. The van der Waals surface area contributed by atoms with Gasteiger partial charge in [0.15, 0.2) is 5.78 Å². The number of nitrogens with two attached hydrogens (primary N) is 1. The van der Waals surface area contributed by atoms with E-state index in [0.29, 0.717) is 25.5 Å². The molecule has 0 amide bonds. The van der Waals surface area contributed by atoms with E-state index in [4.69, 9.17) is 28.9 Å². The minimum Gasteiger partial charge on any atom is -0.398 e. The maximum Gasteiger partial charge on any atom is 0.195 e. The highest BCUT2D eigenvalue weighted by Gasteiger charge is 2.16. The number of thiophene rings is 1. The van der Waals surface area contributed by atoms with Crippen LogP contribution in [-0.4, -0.2) is 5.78 Å². The van der Waals surface area contributed by atoms with Crippen molar-refractivity contribution in [2.24, 2.45) is 0 Å². The molecule has 0 aliphatic carbocycles. The number of carbonyl (C=O) groups excluding carboxylic acids is 1. The molecular weight excluding hydrogens is 345 g/mol. The topological polar surface area (TPSA) is 43.1 Å². The largest absolute Gasteiger partial charge is 0.398 e. The summed E-state index contributed by atoms with van der Waals surface area (Å²) in [6, 6.07) is 6.58. The molecule has 88 valence electrons. The van der Waals surface area contributed by atoms with Crippen molar-refractivity contribution in [3.05, 3.63) is 48.5 Å². The number of hydrogen-bond donors (Lipinski definition) is 1. The van der Waals surface area contributed by atoms with Gasteiger partial charge in [-0.1, -0.05) is 23.2 Å². The van der Waals surface area contributed by atoms with Gasteiger partial charge in [-0.15, -0.1) is 11.3 Å². The Morgan fingerprint density at radius 1 is 1.29 bits per heavy atom. The van der Waals surface area contributed by atoms with Crippen LogP contribution >= 0.6 is 50.5 Å². The van der Waals surface area contributed by atoms with E-state index < -0.39 is 0 Å². The van der Waals surface area contributed by atoms with Gasteiger partial charge in [-0.25, -0.2) is 0 Å². The van der Waals surface area contributed by atoms with Gasteiger partial charge in [0.25, 0.3) is 0 Å². The van der Waals surface area contributed by atoms with E-state index in [2.05, 4.69) is 15.9 Å². The first kappa shape index (κ1) is 12.9. The standard InChI is InChI=1S/C11H6BrCl2NOS/c12-7-2-1-5(3-8(7)15)10(16)6-4-9(13)17-11(6)14/h1-4H,15H2. The molecule has 1 aromatic carbocycles. The molecule has 0 bridgehead atoms. The number of ketones is 1. The van der Waals surface area contributed by atoms with E-state index in [1.54, 1.807) is 24.3 Å². The average Bonchev–Trinajstić information content (AvgIpc) is 2.61. The van der Waals surface area contributed by atoms with Crippen LogP contribution in [-0.2, 0) is 0 Å². The molecule has 0 fully saturated rings. The summed E-state index contributed by atoms with van der Waals surface area (Å²) in [6.07, 6.45) is 0. The second-order valence-electron chi connectivity index (χ2n) is 3.30. The number of hydrogen-bond acceptors (Lipinski definition) is 3. The maximum absolute atomic E-state index is 12.1. The van der Waals surface area contributed by atoms with Crippen molar-refractivity contribution in [3.63, 3.8) is 0 Å². The fourth-order valence-corrected chi connectivity index (χ4v) is 3.04. The van der Waals surface area contributed by atoms with Crippen molar-refractivity contribution in [3.8, 4) is 0 Å². The van der Waals surface area contributed by atoms with E-state index in [1.807, 2.05) is 0 Å². The van der Waals surface area contributed by atoms with Gasteiger partial charge in [-0.2, -0.15) is 0 Å². The summed E-state index contributed by atoms with van der Waals surface area (Å²) >= 11 is 16.2. The Kier molecular flexibility index (Phi) is 3.78. The van der Waals surface area contributed by atoms with Gasteiger partial charge >= 0.3 is 0 Å². The van der Waals surface area contributed by atoms with Crippen LogP contribution in [0, 0.1) is 0 Å². The predicted octanol–water partition coefficient (Wildman–Crippen LogP) is 4.63. The summed E-state index contributed by atoms with van der Waals surface area (Å²) < 4.78 is 1.63. The van der Waals surface area contributed by atoms with Crippen molar-refractivity contribution in [1.82, 2.24) is 0 Å². The first-order valence-corrected chi connectivity index (χ1v) is 6.90. The van der Waals surface area contributed by atoms with Crippen molar-refractivity contribution in [1.29, 1.82) is 0 Å². The van der Waals surface area contributed by atoms with Crippen LogP contribution in [0.25, 0.3) is 0 Å². The molecule has 0 saturated heterocycles. The molecule has 1 heterocycles. The maximum atomic E-state index is 12.1. The van der Waals surface area contributed by atoms with Crippen molar-refractivity contribution in [2.45, 2.75) is 0 Å². The fourth-order valence-electron chi connectivity index (χ4n) is 1.34. The van der Waals surface area contributed by atoms with Crippen molar-refractivity contribution >= 4 is 61.9 Å². The van der Waals surface area contributed by atoms with E-state index in [9.17, 15) is 4.79 Å². The molecule has 0 aliphatic heterocycles. The molecule has 2 aromatic rings. The van der Waals surface area contributed by atoms with Crippen LogP contribution in [0.1, 0.15) is 15.9 Å². The van der Waals surface area contributed by atoms with Gasteiger partial charge in [0.1, 0.15) is 4.34 Å². The van der Waals surface area contributed by atoms with E-state index in [0.717, 1.165) is 4.47 Å². The Balaban J connectivity index is 2.44. The number of carbonyl (C=O) groups is 1. The molecule has 0 saturated carbocycles. The summed E-state index contributed by atoms with van der Waals surface area (Å²) in [5.74, 6) is -0.183. The highest BCUT2D eigenvalue weighted by molar-refractivity contribution is 9.10. The zero-order valence-electron chi connectivity index (χ0n) is 8.34. The van der Waals surface area contributed by atoms with Crippen LogP contribution in [0.2, 0.25) is 8.67 Å². The number of anilines is 1. The third-order valence-corrected chi connectivity index (χ3v) is 4.37. The van der Waals surface area contributed by atoms with Gasteiger partial charge in [0.2, 0.25) is 0 Å².